The fourth-order valence-corrected chi connectivity index (χ4v) is 4.73. The second-order valence-electron chi connectivity index (χ2n) is 9.61. The Morgan fingerprint density at radius 2 is 1.83 bits per heavy atom. The minimum atomic E-state index is -0.0951. The summed E-state index contributed by atoms with van der Waals surface area (Å²) in [4.78, 5) is 17.2. The second kappa shape index (κ2) is 9.19. The topological polar surface area (TPSA) is 78.2 Å². The first kappa shape index (κ1) is 23.1. The summed E-state index contributed by atoms with van der Waals surface area (Å²) in [5.41, 5.74) is 4.63. The van der Waals surface area contributed by atoms with Gasteiger partial charge in [0, 0.05) is 23.6 Å². The Hall–Kier alpha value is -3.65. The predicted molar refractivity (Wildman–Crippen MR) is 138 cm³/mol. The third-order valence-corrected chi connectivity index (χ3v) is 6.85. The molecule has 178 valence electrons. The standard InChI is InChI=1S/C27H27N5O2S/c1-18-11-12-31-23(14-18)28-21(15-24(31)33)17-35-26-30-29-25(32(26)16-22-6-5-13-34-22)19-7-9-20(10-8-19)27(2,3)4/h5-15H,16-17H2,1-4H3. The largest absolute Gasteiger partial charge is 0.467 e. The minimum absolute atomic E-state index is 0.0749. The van der Waals surface area contributed by atoms with Gasteiger partial charge >= 0.3 is 0 Å². The summed E-state index contributed by atoms with van der Waals surface area (Å²) in [7, 11) is 0. The van der Waals surface area contributed by atoms with Crippen molar-refractivity contribution in [3.63, 3.8) is 0 Å². The van der Waals surface area contributed by atoms with Crippen LogP contribution in [0.15, 0.2) is 81.4 Å². The van der Waals surface area contributed by atoms with Crippen molar-refractivity contribution < 1.29 is 4.42 Å². The summed E-state index contributed by atoms with van der Waals surface area (Å²) in [5.74, 6) is 2.09. The summed E-state index contributed by atoms with van der Waals surface area (Å²) in [6.07, 6.45) is 3.42. The first-order chi connectivity index (χ1) is 16.8. The van der Waals surface area contributed by atoms with Crippen LogP contribution in [0.4, 0.5) is 0 Å². The fraction of sp³-hybridized carbons (Fsp3) is 0.259. The lowest BCUT2D eigenvalue weighted by molar-refractivity contribution is 0.485. The number of aryl methyl sites for hydroxylation is 1. The third-order valence-electron chi connectivity index (χ3n) is 5.84. The van der Waals surface area contributed by atoms with Crippen molar-refractivity contribution in [3.05, 3.63) is 100.0 Å². The molecule has 0 N–H and O–H groups in total. The molecule has 0 bridgehead atoms. The smallest absolute Gasteiger partial charge is 0.258 e. The first-order valence-electron chi connectivity index (χ1n) is 11.5. The summed E-state index contributed by atoms with van der Waals surface area (Å²) < 4.78 is 9.22. The molecule has 5 rings (SSSR count). The van der Waals surface area contributed by atoms with Crippen molar-refractivity contribution in [3.8, 4) is 11.4 Å². The van der Waals surface area contributed by atoms with E-state index in [1.54, 1.807) is 22.9 Å². The van der Waals surface area contributed by atoms with Gasteiger partial charge in [-0.2, -0.15) is 0 Å². The minimum Gasteiger partial charge on any atom is -0.467 e. The average Bonchev–Trinajstić information content (AvgIpc) is 3.47. The van der Waals surface area contributed by atoms with Crippen LogP contribution in [0.1, 0.15) is 43.4 Å². The second-order valence-corrected chi connectivity index (χ2v) is 10.5. The molecular weight excluding hydrogens is 458 g/mol. The maximum Gasteiger partial charge on any atom is 0.258 e. The van der Waals surface area contributed by atoms with Crippen molar-refractivity contribution in [2.45, 2.75) is 50.6 Å². The maximum atomic E-state index is 12.6. The summed E-state index contributed by atoms with van der Waals surface area (Å²) in [6.45, 7) is 9.09. The SMILES string of the molecule is Cc1ccn2c(=O)cc(CSc3nnc(-c4ccc(C(C)(C)C)cc4)n3Cc3ccco3)nc2c1. The summed E-state index contributed by atoms with van der Waals surface area (Å²) in [5, 5.41) is 9.73. The Morgan fingerprint density at radius 3 is 2.54 bits per heavy atom. The zero-order valence-electron chi connectivity index (χ0n) is 20.2. The average molecular weight is 486 g/mol. The molecule has 4 aromatic heterocycles. The monoisotopic (exact) mass is 485 g/mol. The number of thioether (sulfide) groups is 1. The molecule has 35 heavy (non-hydrogen) atoms. The van der Waals surface area contributed by atoms with Gasteiger partial charge < -0.3 is 4.42 Å². The lowest BCUT2D eigenvalue weighted by Crippen LogP contribution is -2.15. The van der Waals surface area contributed by atoms with Crippen LogP contribution in [-0.4, -0.2) is 24.1 Å². The van der Waals surface area contributed by atoms with Crippen LogP contribution in [0, 0.1) is 6.92 Å². The number of aromatic nitrogens is 5. The van der Waals surface area contributed by atoms with Crippen molar-refractivity contribution >= 4 is 17.4 Å². The molecule has 0 saturated carbocycles. The molecule has 4 heterocycles. The maximum absolute atomic E-state index is 12.6. The van der Waals surface area contributed by atoms with Gasteiger partial charge in [-0.1, -0.05) is 56.8 Å². The molecule has 0 atom stereocenters. The molecule has 0 amide bonds. The van der Waals surface area contributed by atoms with Crippen LogP contribution in [0.2, 0.25) is 0 Å². The lowest BCUT2D eigenvalue weighted by atomic mass is 9.87. The predicted octanol–water partition coefficient (Wildman–Crippen LogP) is 5.49. The Morgan fingerprint density at radius 1 is 1.03 bits per heavy atom. The van der Waals surface area contributed by atoms with E-state index in [2.05, 4.69) is 60.2 Å². The van der Waals surface area contributed by atoms with Gasteiger partial charge in [0.2, 0.25) is 0 Å². The van der Waals surface area contributed by atoms with E-state index in [9.17, 15) is 4.79 Å². The van der Waals surface area contributed by atoms with Crippen LogP contribution in [0.25, 0.3) is 17.0 Å². The van der Waals surface area contributed by atoms with Crippen LogP contribution in [0.5, 0.6) is 0 Å². The van der Waals surface area contributed by atoms with Gasteiger partial charge in [-0.3, -0.25) is 13.8 Å². The van der Waals surface area contributed by atoms with E-state index in [0.29, 0.717) is 23.6 Å². The van der Waals surface area contributed by atoms with Crippen LogP contribution < -0.4 is 5.56 Å². The van der Waals surface area contributed by atoms with Crippen LogP contribution in [-0.2, 0) is 17.7 Å². The van der Waals surface area contributed by atoms with E-state index in [1.165, 1.54) is 17.3 Å². The molecule has 0 aliphatic heterocycles. The Labute approximate surface area is 207 Å². The third kappa shape index (κ3) is 4.93. The van der Waals surface area contributed by atoms with Crippen molar-refractivity contribution in [1.82, 2.24) is 24.1 Å². The van der Waals surface area contributed by atoms with E-state index in [4.69, 9.17) is 4.42 Å². The number of pyridine rings is 1. The number of nitrogens with zero attached hydrogens (tertiary/aromatic N) is 5. The highest BCUT2D eigenvalue weighted by molar-refractivity contribution is 7.98. The van der Waals surface area contributed by atoms with Gasteiger partial charge in [0.1, 0.15) is 11.4 Å². The van der Waals surface area contributed by atoms with Gasteiger partial charge in [-0.15, -0.1) is 10.2 Å². The quantitative estimate of drug-likeness (QED) is 0.296. The van der Waals surface area contributed by atoms with E-state index < -0.39 is 0 Å². The molecule has 0 aliphatic carbocycles. The van der Waals surface area contributed by atoms with Crippen molar-refractivity contribution in [1.29, 1.82) is 0 Å². The number of hydrogen-bond donors (Lipinski definition) is 0. The number of hydrogen-bond acceptors (Lipinski definition) is 6. The van der Waals surface area contributed by atoms with Crippen LogP contribution in [0.3, 0.4) is 0 Å². The normalized spacial score (nSPS) is 11.9. The Kier molecular flexibility index (Phi) is 6.06. The van der Waals surface area contributed by atoms with Gasteiger partial charge in [0.05, 0.1) is 18.5 Å². The zero-order valence-corrected chi connectivity index (χ0v) is 21.0. The molecule has 0 aliphatic rings. The molecule has 8 heteroatoms. The highest BCUT2D eigenvalue weighted by Crippen LogP contribution is 2.29. The Balaban J connectivity index is 1.47. The molecule has 5 aromatic rings. The van der Waals surface area contributed by atoms with E-state index in [-0.39, 0.29) is 11.0 Å². The molecule has 0 spiro atoms. The van der Waals surface area contributed by atoms with E-state index >= 15 is 0 Å². The van der Waals surface area contributed by atoms with E-state index in [1.807, 2.05) is 35.8 Å². The van der Waals surface area contributed by atoms with Gasteiger partial charge in [-0.25, -0.2) is 4.98 Å². The Bertz CT molecular complexity index is 1530. The highest BCUT2D eigenvalue weighted by Gasteiger charge is 2.18. The van der Waals surface area contributed by atoms with Gasteiger partial charge in [0.15, 0.2) is 11.0 Å². The number of fused-ring (bicyclic) bond motifs is 1. The molecule has 0 fully saturated rings. The van der Waals surface area contributed by atoms with Gasteiger partial charge in [0.25, 0.3) is 5.56 Å². The molecular formula is C27H27N5O2S. The first-order valence-corrected chi connectivity index (χ1v) is 12.4. The van der Waals surface area contributed by atoms with Crippen molar-refractivity contribution in [2.24, 2.45) is 0 Å². The molecule has 7 nitrogen and oxygen atoms in total. The summed E-state index contributed by atoms with van der Waals surface area (Å²) in [6, 6.07) is 17.7. The molecule has 1 aromatic carbocycles. The number of rotatable bonds is 6. The number of benzene rings is 1. The highest BCUT2D eigenvalue weighted by atomic mass is 32.2. The molecule has 0 unspecified atom stereocenters. The number of furan rings is 1. The zero-order chi connectivity index (χ0) is 24.6. The summed E-state index contributed by atoms with van der Waals surface area (Å²) >= 11 is 1.50. The fourth-order valence-electron chi connectivity index (χ4n) is 3.90. The van der Waals surface area contributed by atoms with Gasteiger partial charge in [-0.05, 0) is 47.7 Å². The molecule has 0 saturated heterocycles. The van der Waals surface area contributed by atoms with E-state index in [0.717, 1.165) is 27.9 Å². The lowest BCUT2D eigenvalue weighted by Gasteiger charge is -2.19. The molecule has 0 radical (unpaired) electrons. The van der Waals surface area contributed by atoms with Crippen LogP contribution >= 0.6 is 11.8 Å². The van der Waals surface area contributed by atoms with Crippen molar-refractivity contribution in [2.75, 3.05) is 0 Å².